The average Bonchev–Trinajstić information content (AvgIpc) is 1.81. The molecule has 1 rings (SSSR count). The van der Waals surface area contributed by atoms with Crippen molar-refractivity contribution in [3.63, 3.8) is 0 Å². The predicted octanol–water partition coefficient (Wildman–Crippen LogP) is 2.40. The molecule has 1 atom stereocenters. The lowest BCUT2D eigenvalue weighted by atomic mass is 9.69. The summed E-state index contributed by atoms with van der Waals surface area (Å²) in [4.78, 5) is 11.0. The van der Waals surface area contributed by atoms with Gasteiger partial charge in [-0.3, -0.25) is 4.79 Å². The molecule has 10 heavy (non-hydrogen) atoms. The Labute approximate surface area is 62.8 Å². The monoisotopic (exact) mass is 140 g/mol. The summed E-state index contributed by atoms with van der Waals surface area (Å²) in [5.41, 5.74) is 0.397. The van der Waals surface area contributed by atoms with Crippen LogP contribution in [0.5, 0.6) is 0 Å². The molecule has 0 spiro atoms. The fraction of sp³-hybridized carbons (Fsp3) is 0.889. The fourth-order valence-corrected chi connectivity index (χ4v) is 1.43. The summed E-state index contributed by atoms with van der Waals surface area (Å²) >= 11 is 0. The van der Waals surface area contributed by atoms with Crippen LogP contribution in [-0.4, -0.2) is 5.78 Å². The van der Waals surface area contributed by atoms with Crippen LogP contribution in [0.1, 0.15) is 40.0 Å². The van der Waals surface area contributed by atoms with E-state index in [1.54, 1.807) is 0 Å². The van der Waals surface area contributed by atoms with Crippen LogP contribution in [0.4, 0.5) is 0 Å². The molecule has 0 amide bonds. The maximum Gasteiger partial charge on any atom is 0.133 e. The van der Waals surface area contributed by atoms with E-state index in [-0.39, 0.29) is 0 Å². The molecule has 1 aliphatic carbocycles. The molecule has 0 N–H and O–H groups in total. The van der Waals surface area contributed by atoms with Gasteiger partial charge in [0.25, 0.3) is 0 Å². The summed E-state index contributed by atoms with van der Waals surface area (Å²) in [7, 11) is 0. The number of ketones is 1. The number of Topliss-reactive ketones (excluding diaryl/α,β-unsaturated/α-hetero) is 1. The highest BCUT2D eigenvalue weighted by Gasteiger charge is 2.31. The number of hydrogen-bond donors (Lipinski definition) is 0. The molecule has 1 nitrogen and oxygen atoms in total. The topological polar surface area (TPSA) is 17.1 Å². The van der Waals surface area contributed by atoms with E-state index in [4.69, 9.17) is 0 Å². The zero-order valence-corrected chi connectivity index (χ0v) is 7.11. The molecule has 1 fully saturated rings. The molecule has 0 aromatic heterocycles. The van der Waals surface area contributed by atoms with Gasteiger partial charge in [0.2, 0.25) is 0 Å². The highest BCUT2D eigenvalue weighted by Crippen LogP contribution is 2.38. The SMILES string of the molecule is C[C@H]1CC(=O)CCC1(C)C. The molecule has 0 saturated heterocycles. The van der Waals surface area contributed by atoms with Gasteiger partial charge >= 0.3 is 0 Å². The van der Waals surface area contributed by atoms with E-state index in [0.717, 1.165) is 19.3 Å². The number of carbonyl (C=O) groups is 1. The van der Waals surface area contributed by atoms with E-state index in [1.807, 2.05) is 0 Å². The van der Waals surface area contributed by atoms with Crippen LogP contribution in [0, 0.1) is 11.3 Å². The van der Waals surface area contributed by atoms with E-state index in [1.165, 1.54) is 0 Å². The number of carbonyl (C=O) groups excluding carboxylic acids is 1. The standard InChI is InChI=1S/C9H16O/c1-7-6-8(10)4-5-9(7,2)3/h7H,4-6H2,1-3H3/t7-/m0/s1. The number of hydrogen-bond acceptors (Lipinski definition) is 1. The van der Waals surface area contributed by atoms with Crippen molar-refractivity contribution in [2.24, 2.45) is 11.3 Å². The van der Waals surface area contributed by atoms with Crippen LogP contribution in [0.25, 0.3) is 0 Å². The van der Waals surface area contributed by atoms with Crippen LogP contribution in [0.2, 0.25) is 0 Å². The third-order valence-electron chi connectivity index (χ3n) is 2.92. The Morgan fingerprint density at radius 3 is 2.50 bits per heavy atom. The lowest BCUT2D eigenvalue weighted by Gasteiger charge is -2.35. The van der Waals surface area contributed by atoms with Gasteiger partial charge in [-0.1, -0.05) is 20.8 Å². The smallest absolute Gasteiger partial charge is 0.133 e. The Bertz CT molecular complexity index is 147. The van der Waals surface area contributed by atoms with Crippen molar-refractivity contribution in [3.05, 3.63) is 0 Å². The van der Waals surface area contributed by atoms with E-state index in [9.17, 15) is 4.79 Å². The van der Waals surface area contributed by atoms with E-state index in [2.05, 4.69) is 20.8 Å². The molecule has 0 unspecified atom stereocenters. The van der Waals surface area contributed by atoms with Crippen LogP contribution in [0.3, 0.4) is 0 Å². The van der Waals surface area contributed by atoms with Gasteiger partial charge in [0.15, 0.2) is 0 Å². The fourth-order valence-electron chi connectivity index (χ4n) is 1.43. The molecule has 1 aliphatic rings. The quantitative estimate of drug-likeness (QED) is 0.505. The van der Waals surface area contributed by atoms with Gasteiger partial charge in [0.1, 0.15) is 5.78 Å². The molecule has 0 radical (unpaired) electrons. The van der Waals surface area contributed by atoms with Crippen LogP contribution >= 0.6 is 0 Å². The first kappa shape index (κ1) is 7.77. The van der Waals surface area contributed by atoms with E-state index in [0.29, 0.717) is 17.1 Å². The lowest BCUT2D eigenvalue weighted by molar-refractivity contribution is -0.124. The molecular weight excluding hydrogens is 124 g/mol. The van der Waals surface area contributed by atoms with Crippen molar-refractivity contribution < 1.29 is 4.79 Å². The second-order valence-corrected chi connectivity index (χ2v) is 4.13. The largest absolute Gasteiger partial charge is 0.300 e. The van der Waals surface area contributed by atoms with Crippen LogP contribution in [0.15, 0.2) is 0 Å². The molecule has 1 heteroatoms. The van der Waals surface area contributed by atoms with Gasteiger partial charge < -0.3 is 0 Å². The van der Waals surface area contributed by atoms with Crippen molar-refractivity contribution in [1.29, 1.82) is 0 Å². The summed E-state index contributed by atoms with van der Waals surface area (Å²) in [6, 6.07) is 0. The van der Waals surface area contributed by atoms with Gasteiger partial charge in [-0.15, -0.1) is 0 Å². The molecule has 0 aromatic carbocycles. The average molecular weight is 140 g/mol. The van der Waals surface area contributed by atoms with E-state index >= 15 is 0 Å². The first-order valence-electron chi connectivity index (χ1n) is 4.04. The summed E-state index contributed by atoms with van der Waals surface area (Å²) < 4.78 is 0. The normalized spacial score (nSPS) is 32.3. The minimum Gasteiger partial charge on any atom is -0.300 e. The summed E-state index contributed by atoms with van der Waals surface area (Å²) in [5, 5.41) is 0. The molecule has 0 aliphatic heterocycles. The minimum atomic E-state index is 0.397. The summed E-state index contributed by atoms with van der Waals surface area (Å²) in [6.45, 7) is 6.69. The number of rotatable bonds is 0. The van der Waals surface area contributed by atoms with Gasteiger partial charge in [-0.25, -0.2) is 0 Å². The minimum absolute atomic E-state index is 0.397. The first-order valence-corrected chi connectivity index (χ1v) is 4.04. The van der Waals surface area contributed by atoms with Crippen molar-refractivity contribution in [2.75, 3.05) is 0 Å². The van der Waals surface area contributed by atoms with Crippen LogP contribution < -0.4 is 0 Å². The maximum atomic E-state index is 11.0. The van der Waals surface area contributed by atoms with Gasteiger partial charge in [0.05, 0.1) is 0 Å². The molecule has 0 heterocycles. The maximum absolute atomic E-state index is 11.0. The highest BCUT2D eigenvalue weighted by atomic mass is 16.1. The molecular formula is C9H16O. The van der Waals surface area contributed by atoms with Crippen molar-refractivity contribution in [1.82, 2.24) is 0 Å². The summed E-state index contributed by atoms with van der Waals surface area (Å²) in [5.74, 6) is 1.03. The highest BCUT2D eigenvalue weighted by molar-refractivity contribution is 5.79. The Morgan fingerprint density at radius 1 is 1.50 bits per heavy atom. The Morgan fingerprint density at radius 2 is 2.10 bits per heavy atom. The molecule has 1 saturated carbocycles. The van der Waals surface area contributed by atoms with Gasteiger partial charge in [-0.2, -0.15) is 0 Å². The van der Waals surface area contributed by atoms with Crippen molar-refractivity contribution in [2.45, 2.75) is 40.0 Å². The second-order valence-electron chi connectivity index (χ2n) is 4.13. The molecule has 0 bridgehead atoms. The summed E-state index contributed by atoms with van der Waals surface area (Å²) in [6.07, 6.45) is 2.68. The van der Waals surface area contributed by atoms with Crippen molar-refractivity contribution in [3.8, 4) is 0 Å². The Kier molecular flexibility index (Phi) is 1.84. The zero-order chi connectivity index (χ0) is 7.78. The van der Waals surface area contributed by atoms with Crippen LogP contribution in [-0.2, 0) is 4.79 Å². The zero-order valence-electron chi connectivity index (χ0n) is 7.11. The van der Waals surface area contributed by atoms with Gasteiger partial charge in [0, 0.05) is 12.8 Å². The third-order valence-corrected chi connectivity index (χ3v) is 2.92. The van der Waals surface area contributed by atoms with Gasteiger partial charge in [-0.05, 0) is 17.8 Å². The Hall–Kier alpha value is -0.330. The van der Waals surface area contributed by atoms with E-state index < -0.39 is 0 Å². The third kappa shape index (κ3) is 1.39. The molecule has 0 aromatic rings. The second kappa shape index (κ2) is 2.37. The first-order chi connectivity index (χ1) is 4.52. The Balaban J connectivity index is 2.60. The lowest BCUT2D eigenvalue weighted by Crippen LogP contribution is -2.29. The molecule has 58 valence electrons. The predicted molar refractivity (Wildman–Crippen MR) is 41.8 cm³/mol. The van der Waals surface area contributed by atoms with Crippen molar-refractivity contribution >= 4 is 5.78 Å².